The molecule has 3 N–H and O–H groups in total. The second-order valence-corrected chi connectivity index (χ2v) is 7.74. The van der Waals surface area contributed by atoms with Gasteiger partial charge in [0, 0.05) is 17.9 Å². The average Bonchev–Trinajstić information content (AvgIpc) is 2.79. The molecule has 3 aromatic carbocycles. The highest BCUT2D eigenvalue weighted by Gasteiger charge is 2.10. The maximum atomic E-state index is 13.7. The fraction of sp³-hybridized carbons (Fsp3) is 0.200. The lowest BCUT2D eigenvalue weighted by Gasteiger charge is -2.11. The fourth-order valence-corrected chi connectivity index (χ4v) is 3.36. The van der Waals surface area contributed by atoms with Gasteiger partial charge < -0.3 is 16.0 Å². The summed E-state index contributed by atoms with van der Waals surface area (Å²) >= 11 is 5.31. The Morgan fingerprint density at radius 1 is 0.781 bits per heavy atom. The lowest BCUT2D eigenvalue weighted by Crippen LogP contribution is -2.29. The topological polar surface area (TPSA) is 53.2 Å². The molecule has 0 aliphatic rings. The first-order chi connectivity index (χ1) is 15.5. The van der Waals surface area contributed by atoms with Crippen molar-refractivity contribution in [1.29, 1.82) is 0 Å². The van der Waals surface area contributed by atoms with E-state index in [4.69, 9.17) is 12.2 Å². The van der Waals surface area contributed by atoms with Gasteiger partial charge >= 0.3 is 0 Å². The molecule has 1 amide bonds. The predicted molar refractivity (Wildman–Crippen MR) is 129 cm³/mol. The van der Waals surface area contributed by atoms with Gasteiger partial charge in [-0.15, -0.1) is 0 Å². The van der Waals surface area contributed by atoms with E-state index in [1.807, 2.05) is 12.1 Å². The molecule has 0 unspecified atom stereocenters. The van der Waals surface area contributed by atoms with Crippen molar-refractivity contribution in [1.82, 2.24) is 5.32 Å². The Labute approximate surface area is 192 Å². The first kappa shape index (κ1) is 23.3. The van der Waals surface area contributed by atoms with Gasteiger partial charge in [-0.1, -0.05) is 30.7 Å². The molecular weight excluding hydrogens is 428 g/mol. The molecule has 7 heteroatoms. The van der Waals surface area contributed by atoms with E-state index in [0.29, 0.717) is 10.8 Å². The lowest BCUT2D eigenvalue weighted by atomic mass is 10.1. The van der Waals surface area contributed by atoms with Gasteiger partial charge in [-0.05, 0) is 85.6 Å². The third-order valence-electron chi connectivity index (χ3n) is 4.86. The van der Waals surface area contributed by atoms with Crippen LogP contribution >= 0.6 is 12.2 Å². The van der Waals surface area contributed by atoms with Crippen molar-refractivity contribution in [3.8, 4) is 0 Å². The van der Waals surface area contributed by atoms with Gasteiger partial charge in [-0.25, -0.2) is 8.78 Å². The second-order valence-electron chi connectivity index (χ2n) is 7.33. The zero-order chi connectivity index (χ0) is 22.8. The summed E-state index contributed by atoms with van der Waals surface area (Å²) in [5.74, 6) is -1.27. The van der Waals surface area contributed by atoms with Crippen LogP contribution in [0, 0.1) is 11.6 Å². The van der Waals surface area contributed by atoms with Crippen molar-refractivity contribution >= 4 is 34.6 Å². The number of carbonyl (C=O) groups is 1. The van der Waals surface area contributed by atoms with Gasteiger partial charge in [0.15, 0.2) is 5.11 Å². The summed E-state index contributed by atoms with van der Waals surface area (Å²) in [6.07, 6.45) is 3.99. The van der Waals surface area contributed by atoms with Crippen molar-refractivity contribution in [3.63, 3.8) is 0 Å². The van der Waals surface area contributed by atoms with Crippen molar-refractivity contribution in [2.75, 3.05) is 17.2 Å². The molecule has 32 heavy (non-hydrogen) atoms. The summed E-state index contributed by atoms with van der Waals surface area (Å²) in [6, 6.07) is 19.5. The molecule has 0 spiro atoms. The Bertz CT molecular complexity index is 1040. The van der Waals surface area contributed by atoms with Gasteiger partial charge in [0.25, 0.3) is 5.91 Å². The van der Waals surface area contributed by atoms with Crippen LogP contribution < -0.4 is 16.0 Å². The van der Waals surface area contributed by atoms with Gasteiger partial charge in [0.05, 0.1) is 5.56 Å². The lowest BCUT2D eigenvalue weighted by molar-refractivity contribution is 0.102. The second kappa shape index (κ2) is 11.9. The van der Waals surface area contributed by atoms with E-state index in [-0.39, 0.29) is 11.4 Å². The van der Waals surface area contributed by atoms with Crippen LogP contribution in [0.2, 0.25) is 0 Å². The van der Waals surface area contributed by atoms with Crippen molar-refractivity contribution in [3.05, 3.63) is 95.6 Å². The minimum absolute atomic E-state index is 0.00209. The number of benzene rings is 3. The number of amides is 1. The highest BCUT2D eigenvalue weighted by atomic mass is 32.1. The monoisotopic (exact) mass is 453 g/mol. The quantitative estimate of drug-likeness (QED) is 0.278. The highest BCUT2D eigenvalue weighted by molar-refractivity contribution is 7.80. The molecule has 0 aromatic heterocycles. The zero-order valence-corrected chi connectivity index (χ0v) is 18.4. The molecule has 3 aromatic rings. The van der Waals surface area contributed by atoms with E-state index in [1.165, 1.54) is 30.3 Å². The molecule has 0 bridgehead atoms. The molecule has 0 atom stereocenters. The Balaban J connectivity index is 1.34. The number of thiocarbonyl (C=S) groups is 1. The SMILES string of the molecule is O=C(Nc1ccc(NC(=S)NCCCCCc2ccc(F)cc2)cc1)c1ccccc1F. The van der Waals surface area contributed by atoms with Crippen LogP contribution in [0.4, 0.5) is 20.2 Å². The van der Waals surface area contributed by atoms with E-state index in [0.717, 1.165) is 43.5 Å². The normalized spacial score (nSPS) is 10.4. The molecule has 0 saturated heterocycles. The van der Waals surface area contributed by atoms with Gasteiger partial charge in [0.1, 0.15) is 11.6 Å². The maximum Gasteiger partial charge on any atom is 0.258 e. The number of rotatable bonds is 9. The molecule has 0 heterocycles. The third kappa shape index (κ3) is 7.42. The van der Waals surface area contributed by atoms with Crippen LogP contribution in [-0.4, -0.2) is 17.6 Å². The van der Waals surface area contributed by atoms with E-state index >= 15 is 0 Å². The summed E-state index contributed by atoms with van der Waals surface area (Å²) in [5.41, 5.74) is 2.48. The highest BCUT2D eigenvalue weighted by Crippen LogP contribution is 2.16. The van der Waals surface area contributed by atoms with Crippen LogP contribution in [0.25, 0.3) is 0 Å². The number of unbranched alkanes of at least 4 members (excludes halogenated alkanes) is 2. The maximum absolute atomic E-state index is 13.7. The predicted octanol–water partition coefficient (Wildman–Crippen LogP) is 5.92. The summed E-state index contributed by atoms with van der Waals surface area (Å²) in [5, 5.41) is 9.46. The number of nitrogens with one attached hydrogen (secondary N) is 3. The first-order valence-electron chi connectivity index (χ1n) is 10.5. The number of hydrogen-bond donors (Lipinski definition) is 3. The molecule has 4 nitrogen and oxygen atoms in total. The third-order valence-corrected chi connectivity index (χ3v) is 5.11. The van der Waals surface area contributed by atoms with Crippen LogP contribution in [0.5, 0.6) is 0 Å². The molecule has 0 radical (unpaired) electrons. The minimum Gasteiger partial charge on any atom is -0.362 e. The summed E-state index contributed by atoms with van der Waals surface area (Å²) in [7, 11) is 0. The Morgan fingerprint density at radius 3 is 2.12 bits per heavy atom. The Morgan fingerprint density at radius 2 is 1.44 bits per heavy atom. The van der Waals surface area contributed by atoms with Crippen LogP contribution in [0.1, 0.15) is 35.2 Å². The van der Waals surface area contributed by atoms with Gasteiger partial charge in [0.2, 0.25) is 0 Å². The smallest absolute Gasteiger partial charge is 0.258 e. The number of anilines is 2. The summed E-state index contributed by atoms with van der Waals surface area (Å²) in [6.45, 7) is 0.756. The van der Waals surface area contributed by atoms with E-state index < -0.39 is 11.7 Å². The molecule has 0 aliphatic heterocycles. The van der Waals surface area contributed by atoms with Crippen molar-refractivity contribution in [2.24, 2.45) is 0 Å². The standard InChI is InChI=1S/C25H25F2N3OS/c26-19-11-9-18(10-12-19)6-2-1-5-17-28-25(32)30-21-15-13-20(14-16-21)29-24(31)22-7-3-4-8-23(22)27/h3-4,7-16H,1-2,5-6,17H2,(H,29,31)(H2,28,30,32). The van der Waals surface area contributed by atoms with E-state index in [2.05, 4.69) is 16.0 Å². The Hall–Kier alpha value is -3.32. The van der Waals surface area contributed by atoms with Crippen LogP contribution in [-0.2, 0) is 6.42 Å². The van der Waals surface area contributed by atoms with Gasteiger partial charge in [-0.3, -0.25) is 4.79 Å². The zero-order valence-electron chi connectivity index (χ0n) is 17.5. The largest absolute Gasteiger partial charge is 0.362 e. The summed E-state index contributed by atoms with van der Waals surface area (Å²) < 4.78 is 26.6. The molecular formula is C25H25F2N3OS. The van der Waals surface area contributed by atoms with Crippen LogP contribution in [0.15, 0.2) is 72.8 Å². The number of carbonyl (C=O) groups excluding carboxylic acids is 1. The van der Waals surface area contributed by atoms with Crippen molar-refractivity contribution < 1.29 is 13.6 Å². The van der Waals surface area contributed by atoms with E-state index in [1.54, 1.807) is 30.3 Å². The van der Waals surface area contributed by atoms with Crippen LogP contribution in [0.3, 0.4) is 0 Å². The summed E-state index contributed by atoms with van der Waals surface area (Å²) in [4.78, 5) is 12.2. The molecule has 0 saturated carbocycles. The minimum atomic E-state index is -0.560. The molecule has 166 valence electrons. The molecule has 0 aliphatic carbocycles. The van der Waals surface area contributed by atoms with E-state index in [9.17, 15) is 13.6 Å². The average molecular weight is 454 g/mol. The molecule has 3 rings (SSSR count). The molecule has 0 fully saturated rings. The van der Waals surface area contributed by atoms with Crippen molar-refractivity contribution in [2.45, 2.75) is 25.7 Å². The Kier molecular flexibility index (Phi) is 8.69. The number of aryl methyl sites for hydroxylation is 1. The van der Waals surface area contributed by atoms with Gasteiger partial charge in [-0.2, -0.15) is 0 Å². The number of halogens is 2. The number of hydrogen-bond acceptors (Lipinski definition) is 2. The fourth-order valence-electron chi connectivity index (χ4n) is 3.14. The first-order valence-corrected chi connectivity index (χ1v) is 10.9.